The van der Waals surface area contributed by atoms with Gasteiger partial charge in [0.05, 0.1) is 6.42 Å². The number of carbonyl (C=O) groups excluding carboxylic acids is 1. The predicted molar refractivity (Wildman–Crippen MR) is 95.5 cm³/mol. The number of rotatable bonds is 6. The van der Waals surface area contributed by atoms with Gasteiger partial charge in [-0.1, -0.05) is 41.6 Å². The first-order chi connectivity index (χ1) is 12.3. The van der Waals surface area contributed by atoms with Gasteiger partial charge in [0.15, 0.2) is 5.82 Å². The molecule has 2 aromatic heterocycles. The molecule has 1 amide bonds. The molecule has 25 heavy (non-hydrogen) atoms. The third-order valence-corrected chi connectivity index (χ3v) is 5.36. The van der Waals surface area contributed by atoms with E-state index in [2.05, 4.69) is 28.3 Å². The lowest BCUT2D eigenvalue weighted by molar-refractivity contribution is -0.127. The third kappa shape index (κ3) is 3.79. The molecule has 0 unspecified atom stereocenters. The van der Waals surface area contributed by atoms with Crippen LogP contribution in [0.2, 0.25) is 0 Å². The lowest BCUT2D eigenvalue weighted by Crippen LogP contribution is -2.27. The van der Waals surface area contributed by atoms with Crippen LogP contribution >= 0.6 is 11.3 Å². The number of nitrogens with zero attached hydrogens (tertiary/aromatic N) is 3. The van der Waals surface area contributed by atoms with E-state index in [4.69, 9.17) is 4.52 Å². The smallest absolute Gasteiger partial charge is 0.231 e. The van der Waals surface area contributed by atoms with Crippen molar-refractivity contribution >= 4 is 17.2 Å². The van der Waals surface area contributed by atoms with Crippen molar-refractivity contribution in [1.82, 2.24) is 15.0 Å². The molecule has 128 valence electrons. The summed E-state index contributed by atoms with van der Waals surface area (Å²) in [4.78, 5) is 19.9. The van der Waals surface area contributed by atoms with Crippen LogP contribution in [0.3, 0.4) is 0 Å². The fourth-order valence-electron chi connectivity index (χ4n) is 3.14. The highest BCUT2D eigenvalue weighted by atomic mass is 32.1. The molecule has 1 aromatic carbocycles. The zero-order valence-electron chi connectivity index (χ0n) is 13.8. The summed E-state index contributed by atoms with van der Waals surface area (Å²) in [5, 5.41) is 6.14. The van der Waals surface area contributed by atoms with E-state index in [9.17, 15) is 4.79 Å². The van der Waals surface area contributed by atoms with Gasteiger partial charge in [-0.05, 0) is 23.4 Å². The van der Waals surface area contributed by atoms with Crippen LogP contribution in [0.25, 0.3) is 0 Å². The van der Waals surface area contributed by atoms with Gasteiger partial charge >= 0.3 is 0 Å². The quantitative estimate of drug-likeness (QED) is 0.682. The number of carbonyl (C=O) groups is 1. The van der Waals surface area contributed by atoms with Crippen LogP contribution in [-0.4, -0.2) is 34.0 Å². The Hall–Kier alpha value is -2.47. The third-order valence-electron chi connectivity index (χ3n) is 4.48. The molecule has 5 nitrogen and oxygen atoms in total. The monoisotopic (exact) mass is 353 g/mol. The van der Waals surface area contributed by atoms with Crippen molar-refractivity contribution in [1.29, 1.82) is 0 Å². The van der Waals surface area contributed by atoms with Crippen LogP contribution in [-0.2, 0) is 17.6 Å². The number of amides is 1. The van der Waals surface area contributed by atoms with Crippen LogP contribution in [0.15, 0.2) is 52.4 Å². The molecular weight excluding hydrogens is 334 g/mol. The van der Waals surface area contributed by atoms with Crippen molar-refractivity contribution in [2.75, 3.05) is 13.1 Å². The largest absolute Gasteiger partial charge is 0.342 e. The maximum atomic E-state index is 12.3. The Morgan fingerprint density at radius 1 is 1.20 bits per heavy atom. The minimum atomic E-state index is 0.0316. The topological polar surface area (TPSA) is 59.2 Å². The Morgan fingerprint density at radius 3 is 2.88 bits per heavy atom. The molecule has 0 radical (unpaired) electrons. The molecule has 1 fully saturated rings. The van der Waals surface area contributed by atoms with Gasteiger partial charge in [-0.15, -0.1) is 11.3 Å². The highest BCUT2D eigenvalue weighted by molar-refractivity contribution is 7.09. The number of aromatic nitrogens is 2. The minimum Gasteiger partial charge on any atom is -0.342 e. The van der Waals surface area contributed by atoms with Gasteiger partial charge in [0.25, 0.3) is 0 Å². The first-order valence-corrected chi connectivity index (χ1v) is 9.32. The molecule has 0 spiro atoms. The van der Waals surface area contributed by atoms with Gasteiger partial charge in [-0.25, -0.2) is 0 Å². The summed E-state index contributed by atoms with van der Waals surface area (Å²) in [6.07, 6.45) is 1.99. The van der Waals surface area contributed by atoms with Gasteiger partial charge in [-0.2, -0.15) is 4.98 Å². The van der Waals surface area contributed by atoms with Crippen LogP contribution < -0.4 is 0 Å². The molecule has 0 saturated carbocycles. The number of hydrogen-bond donors (Lipinski definition) is 0. The molecule has 3 aromatic rings. The van der Waals surface area contributed by atoms with E-state index in [0.717, 1.165) is 13.0 Å². The summed E-state index contributed by atoms with van der Waals surface area (Å²) in [7, 11) is 0. The van der Waals surface area contributed by atoms with E-state index >= 15 is 0 Å². The van der Waals surface area contributed by atoms with E-state index in [-0.39, 0.29) is 11.8 Å². The second-order valence-electron chi connectivity index (χ2n) is 6.28. The summed E-state index contributed by atoms with van der Waals surface area (Å²) >= 11 is 1.67. The van der Waals surface area contributed by atoms with E-state index < -0.39 is 0 Å². The maximum absolute atomic E-state index is 12.3. The van der Waals surface area contributed by atoms with E-state index in [1.165, 1.54) is 10.4 Å². The molecule has 0 aliphatic carbocycles. The highest BCUT2D eigenvalue weighted by Gasteiger charge is 2.33. The molecule has 1 aliphatic heterocycles. The second kappa shape index (κ2) is 7.19. The Kier molecular flexibility index (Phi) is 4.61. The SMILES string of the molecule is O=C1C[C@H](c2noc(Cc3cccs3)n2)CN1CCc1ccccc1. The normalized spacial score (nSPS) is 17.4. The average molecular weight is 353 g/mol. The zero-order valence-corrected chi connectivity index (χ0v) is 14.6. The molecule has 6 heteroatoms. The second-order valence-corrected chi connectivity index (χ2v) is 7.31. The van der Waals surface area contributed by atoms with Crippen LogP contribution in [0.4, 0.5) is 0 Å². The van der Waals surface area contributed by atoms with Crippen molar-refractivity contribution in [3.8, 4) is 0 Å². The van der Waals surface area contributed by atoms with Gasteiger partial charge in [-0.3, -0.25) is 4.79 Å². The molecule has 0 bridgehead atoms. The summed E-state index contributed by atoms with van der Waals surface area (Å²) in [6, 6.07) is 14.3. The van der Waals surface area contributed by atoms with Crippen molar-refractivity contribution in [2.24, 2.45) is 0 Å². The molecule has 4 rings (SSSR count). The first kappa shape index (κ1) is 16.0. The van der Waals surface area contributed by atoms with Crippen LogP contribution in [0, 0.1) is 0 Å². The van der Waals surface area contributed by atoms with Crippen LogP contribution in [0.5, 0.6) is 0 Å². The molecule has 1 saturated heterocycles. The zero-order chi connectivity index (χ0) is 17.1. The fraction of sp³-hybridized carbons (Fsp3) is 0.316. The summed E-state index contributed by atoms with van der Waals surface area (Å²) in [5.41, 5.74) is 1.25. The molecule has 3 heterocycles. The lowest BCUT2D eigenvalue weighted by atomic mass is 10.1. The Balaban J connectivity index is 1.36. The summed E-state index contributed by atoms with van der Waals surface area (Å²) in [6.45, 7) is 1.41. The van der Waals surface area contributed by atoms with Crippen molar-refractivity contribution in [3.05, 3.63) is 70.0 Å². The number of likely N-dealkylation sites (tertiary alicyclic amines) is 1. The Morgan fingerprint density at radius 2 is 2.08 bits per heavy atom. The first-order valence-electron chi connectivity index (χ1n) is 8.44. The van der Waals surface area contributed by atoms with E-state index in [1.54, 1.807) is 11.3 Å². The Labute approximate surface area is 150 Å². The van der Waals surface area contributed by atoms with Gasteiger partial charge < -0.3 is 9.42 Å². The lowest BCUT2D eigenvalue weighted by Gasteiger charge is -2.15. The van der Waals surface area contributed by atoms with Gasteiger partial charge in [0, 0.05) is 30.3 Å². The predicted octanol–water partition coefficient (Wildman–Crippen LogP) is 3.28. The minimum absolute atomic E-state index is 0.0316. The Bertz CT molecular complexity index is 829. The van der Waals surface area contributed by atoms with E-state index in [0.29, 0.717) is 31.1 Å². The van der Waals surface area contributed by atoms with Gasteiger partial charge in [0.2, 0.25) is 11.8 Å². The molecular formula is C19H19N3O2S. The molecule has 1 aliphatic rings. The number of hydrogen-bond acceptors (Lipinski definition) is 5. The number of benzene rings is 1. The van der Waals surface area contributed by atoms with Crippen molar-refractivity contribution < 1.29 is 9.32 Å². The summed E-state index contributed by atoms with van der Waals surface area (Å²) < 4.78 is 5.37. The summed E-state index contributed by atoms with van der Waals surface area (Å²) in [5.74, 6) is 1.48. The van der Waals surface area contributed by atoms with Gasteiger partial charge in [0.1, 0.15) is 0 Å². The van der Waals surface area contributed by atoms with Crippen LogP contribution in [0.1, 0.15) is 34.5 Å². The highest BCUT2D eigenvalue weighted by Crippen LogP contribution is 2.27. The van der Waals surface area contributed by atoms with Crippen molar-refractivity contribution in [2.45, 2.75) is 25.2 Å². The van der Waals surface area contributed by atoms with Crippen molar-refractivity contribution in [3.63, 3.8) is 0 Å². The number of thiophene rings is 1. The molecule has 1 atom stereocenters. The fourth-order valence-corrected chi connectivity index (χ4v) is 3.83. The molecule has 0 N–H and O–H groups in total. The standard InChI is InChI=1S/C19H19N3O2S/c23-18-11-15(13-22(18)9-8-14-5-2-1-3-6-14)19-20-17(24-21-19)12-16-7-4-10-25-16/h1-7,10,15H,8-9,11-13H2/t15-/m0/s1. The average Bonchev–Trinajstić information content (AvgIpc) is 3.36. The maximum Gasteiger partial charge on any atom is 0.231 e. The van der Waals surface area contributed by atoms with E-state index in [1.807, 2.05) is 34.5 Å².